The molecule has 0 radical (unpaired) electrons. The predicted octanol–water partition coefficient (Wildman–Crippen LogP) is 2.87. The molecule has 112 valence electrons. The molecule has 0 aliphatic heterocycles. The van der Waals surface area contributed by atoms with Crippen molar-refractivity contribution in [3.8, 4) is 0 Å². The fourth-order valence-electron chi connectivity index (χ4n) is 2.78. The van der Waals surface area contributed by atoms with E-state index in [9.17, 15) is 0 Å². The summed E-state index contributed by atoms with van der Waals surface area (Å²) >= 11 is 0. The molecule has 1 aromatic carbocycles. The topological polar surface area (TPSA) is 32.5 Å². The minimum absolute atomic E-state index is 0.367. The summed E-state index contributed by atoms with van der Waals surface area (Å²) in [5.74, 6) is 0.914. The Bertz CT molecular complexity index is 395. The molecule has 2 N–H and O–H groups in total. The van der Waals surface area contributed by atoms with Crippen LogP contribution >= 0.6 is 0 Å². The second kappa shape index (κ2) is 7.09. The number of nitrogens with two attached hydrogens (primary N) is 1. The van der Waals surface area contributed by atoms with Gasteiger partial charge in [0, 0.05) is 38.9 Å². The first-order chi connectivity index (χ1) is 9.65. The largest absolute Gasteiger partial charge is 0.378 e. The second-order valence-electron chi connectivity index (χ2n) is 6.18. The standard InChI is InChI=1S/C17H29N3/c1-4-11-20(13-14-5-6-14)17(12-18)15-7-9-16(10-8-15)19(2)3/h7-10,14,17H,4-6,11-13,18H2,1-3H3. The molecule has 0 amide bonds. The summed E-state index contributed by atoms with van der Waals surface area (Å²) in [5.41, 5.74) is 8.68. The number of anilines is 1. The molecule has 2 rings (SSSR count). The second-order valence-corrected chi connectivity index (χ2v) is 6.18. The van der Waals surface area contributed by atoms with Gasteiger partial charge in [0.05, 0.1) is 0 Å². The van der Waals surface area contributed by atoms with Crippen LogP contribution in [0.4, 0.5) is 5.69 Å². The van der Waals surface area contributed by atoms with Gasteiger partial charge in [0.2, 0.25) is 0 Å². The lowest BCUT2D eigenvalue weighted by atomic mass is 10.0. The molecular formula is C17H29N3. The number of hydrogen-bond acceptors (Lipinski definition) is 3. The third kappa shape index (κ3) is 3.97. The van der Waals surface area contributed by atoms with Crippen LogP contribution in [0, 0.1) is 5.92 Å². The Morgan fingerprint density at radius 3 is 2.30 bits per heavy atom. The number of rotatable bonds is 8. The Kier molecular flexibility index (Phi) is 5.44. The van der Waals surface area contributed by atoms with Crippen LogP contribution in [0.3, 0.4) is 0 Å². The van der Waals surface area contributed by atoms with Gasteiger partial charge < -0.3 is 10.6 Å². The molecule has 0 bridgehead atoms. The summed E-state index contributed by atoms with van der Waals surface area (Å²) in [5, 5.41) is 0. The van der Waals surface area contributed by atoms with Crippen molar-refractivity contribution >= 4 is 5.69 Å². The summed E-state index contributed by atoms with van der Waals surface area (Å²) < 4.78 is 0. The lowest BCUT2D eigenvalue weighted by molar-refractivity contribution is 0.193. The minimum atomic E-state index is 0.367. The van der Waals surface area contributed by atoms with Crippen molar-refractivity contribution < 1.29 is 0 Å². The van der Waals surface area contributed by atoms with Crippen LogP contribution in [0.25, 0.3) is 0 Å². The van der Waals surface area contributed by atoms with E-state index in [0.29, 0.717) is 12.6 Å². The van der Waals surface area contributed by atoms with Crippen LogP contribution in [0.2, 0.25) is 0 Å². The first-order valence-corrected chi connectivity index (χ1v) is 7.87. The number of hydrogen-bond donors (Lipinski definition) is 1. The molecule has 3 heteroatoms. The first-order valence-electron chi connectivity index (χ1n) is 7.87. The Hall–Kier alpha value is -1.06. The normalized spacial score (nSPS) is 16.4. The molecule has 0 spiro atoms. The Morgan fingerprint density at radius 1 is 1.20 bits per heavy atom. The van der Waals surface area contributed by atoms with Crippen LogP contribution in [0.1, 0.15) is 37.8 Å². The van der Waals surface area contributed by atoms with E-state index in [-0.39, 0.29) is 0 Å². The number of nitrogens with zero attached hydrogens (tertiary/aromatic N) is 2. The van der Waals surface area contributed by atoms with E-state index in [1.165, 1.54) is 37.1 Å². The Labute approximate surface area is 123 Å². The predicted molar refractivity (Wildman–Crippen MR) is 87.2 cm³/mol. The van der Waals surface area contributed by atoms with Gasteiger partial charge in [-0.05, 0) is 49.4 Å². The summed E-state index contributed by atoms with van der Waals surface area (Å²) in [6.07, 6.45) is 3.99. The summed E-state index contributed by atoms with van der Waals surface area (Å²) in [4.78, 5) is 4.72. The van der Waals surface area contributed by atoms with E-state index < -0.39 is 0 Å². The molecule has 0 saturated heterocycles. The monoisotopic (exact) mass is 275 g/mol. The SMILES string of the molecule is CCCN(CC1CC1)C(CN)c1ccc(N(C)C)cc1. The van der Waals surface area contributed by atoms with Crippen molar-refractivity contribution in [3.05, 3.63) is 29.8 Å². The van der Waals surface area contributed by atoms with Gasteiger partial charge in [-0.1, -0.05) is 19.1 Å². The molecule has 0 heterocycles. The molecular weight excluding hydrogens is 246 g/mol. The molecule has 1 aliphatic carbocycles. The van der Waals surface area contributed by atoms with Crippen molar-refractivity contribution in [2.45, 2.75) is 32.2 Å². The highest BCUT2D eigenvalue weighted by molar-refractivity contribution is 5.46. The molecule has 1 saturated carbocycles. The quantitative estimate of drug-likeness (QED) is 0.792. The van der Waals surface area contributed by atoms with Gasteiger partial charge in [0.15, 0.2) is 0 Å². The fourth-order valence-corrected chi connectivity index (χ4v) is 2.78. The van der Waals surface area contributed by atoms with Crippen LogP contribution in [-0.4, -0.2) is 38.6 Å². The number of benzene rings is 1. The highest BCUT2D eigenvalue weighted by Crippen LogP contribution is 2.33. The maximum absolute atomic E-state index is 6.08. The Balaban J connectivity index is 2.10. The maximum atomic E-state index is 6.08. The third-order valence-electron chi connectivity index (χ3n) is 4.16. The summed E-state index contributed by atoms with van der Waals surface area (Å²) in [7, 11) is 4.15. The van der Waals surface area contributed by atoms with E-state index >= 15 is 0 Å². The van der Waals surface area contributed by atoms with Crippen molar-refractivity contribution in [3.63, 3.8) is 0 Å². The van der Waals surface area contributed by atoms with Gasteiger partial charge >= 0.3 is 0 Å². The van der Waals surface area contributed by atoms with E-state index in [1.807, 2.05) is 0 Å². The average molecular weight is 275 g/mol. The van der Waals surface area contributed by atoms with E-state index in [0.717, 1.165) is 12.5 Å². The fraction of sp³-hybridized carbons (Fsp3) is 0.647. The molecule has 1 aliphatic rings. The molecule has 1 atom stereocenters. The zero-order valence-electron chi connectivity index (χ0n) is 13.2. The van der Waals surface area contributed by atoms with Crippen LogP contribution < -0.4 is 10.6 Å². The molecule has 3 nitrogen and oxygen atoms in total. The summed E-state index contributed by atoms with van der Waals surface area (Å²) in [6, 6.07) is 9.23. The van der Waals surface area contributed by atoms with Gasteiger partial charge in [0.25, 0.3) is 0 Å². The minimum Gasteiger partial charge on any atom is -0.378 e. The lowest BCUT2D eigenvalue weighted by Crippen LogP contribution is -2.36. The van der Waals surface area contributed by atoms with Crippen molar-refractivity contribution in [2.24, 2.45) is 11.7 Å². The van der Waals surface area contributed by atoms with Crippen LogP contribution in [-0.2, 0) is 0 Å². The van der Waals surface area contributed by atoms with Gasteiger partial charge in [0.1, 0.15) is 0 Å². The smallest absolute Gasteiger partial charge is 0.0470 e. The zero-order valence-corrected chi connectivity index (χ0v) is 13.2. The zero-order chi connectivity index (χ0) is 14.5. The van der Waals surface area contributed by atoms with Gasteiger partial charge in [-0.25, -0.2) is 0 Å². The van der Waals surface area contributed by atoms with E-state index in [4.69, 9.17) is 5.73 Å². The van der Waals surface area contributed by atoms with Crippen molar-refractivity contribution in [1.82, 2.24) is 4.90 Å². The molecule has 1 aromatic rings. The van der Waals surface area contributed by atoms with Gasteiger partial charge in [-0.2, -0.15) is 0 Å². The molecule has 1 unspecified atom stereocenters. The molecule has 0 aromatic heterocycles. The average Bonchev–Trinajstić information content (AvgIpc) is 3.24. The summed E-state index contributed by atoms with van der Waals surface area (Å²) in [6.45, 7) is 5.32. The van der Waals surface area contributed by atoms with Gasteiger partial charge in [-0.15, -0.1) is 0 Å². The lowest BCUT2D eigenvalue weighted by Gasteiger charge is -2.31. The van der Waals surface area contributed by atoms with Crippen LogP contribution in [0.15, 0.2) is 24.3 Å². The molecule has 20 heavy (non-hydrogen) atoms. The molecule has 1 fully saturated rings. The van der Waals surface area contributed by atoms with Gasteiger partial charge in [-0.3, -0.25) is 4.90 Å². The Morgan fingerprint density at radius 2 is 1.85 bits per heavy atom. The first kappa shape index (κ1) is 15.3. The van der Waals surface area contributed by atoms with E-state index in [2.05, 4.69) is 55.1 Å². The van der Waals surface area contributed by atoms with E-state index in [1.54, 1.807) is 0 Å². The van der Waals surface area contributed by atoms with Crippen molar-refractivity contribution in [1.29, 1.82) is 0 Å². The van der Waals surface area contributed by atoms with Crippen molar-refractivity contribution in [2.75, 3.05) is 38.6 Å². The maximum Gasteiger partial charge on any atom is 0.0470 e. The highest BCUT2D eigenvalue weighted by Gasteiger charge is 2.27. The van der Waals surface area contributed by atoms with Crippen LogP contribution in [0.5, 0.6) is 0 Å². The highest BCUT2D eigenvalue weighted by atomic mass is 15.2. The third-order valence-corrected chi connectivity index (χ3v) is 4.16.